The van der Waals surface area contributed by atoms with Gasteiger partial charge >= 0.3 is 5.91 Å². The minimum atomic E-state index is -0.927. The Morgan fingerprint density at radius 3 is 2.45 bits per heavy atom. The second-order valence-electron chi connectivity index (χ2n) is 9.67. The van der Waals surface area contributed by atoms with Gasteiger partial charge in [0.15, 0.2) is 4.34 Å². The highest BCUT2D eigenvalue weighted by molar-refractivity contribution is 8.00. The Balaban J connectivity index is 1.52. The molecule has 1 aliphatic rings. The van der Waals surface area contributed by atoms with Crippen LogP contribution in [0.25, 0.3) is 5.76 Å². The summed E-state index contributed by atoms with van der Waals surface area (Å²) < 4.78 is 12.0. The summed E-state index contributed by atoms with van der Waals surface area (Å²) in [5, 5.41) is 20.3. The van der Waals surface area contributed by atoms with Crippen molar-refractivity contribution in [1.82, 2.24) is 10.2 Å². The lowest BCUT2D eigenvalue weighted by Gasteiger charge is -2.23. The average molecular weight is 602 g/mol. The predicted octanol–water partition coefficient (Wildman–Crippen LogP) is 6.95. The molecule has 1 fully saturated rings. The normalized spacial score (nSPS) is 16.2. The standard InChI is InChI=1S/C32H31N3O5S2/c1-4-17-40-24-15-13-22(14-16-24)28(36)26-27(23-7-6-8-25(18-23)39-5-2)35(30(38)29(26)37)31-33-34-32(42-31)41-19-21-11-9-20(3)10-12-21/h6-16,18,27,36H,4-5,17,19H2,1-3H3. The fourth-order valence-electron chi connectivity index (χ4n) is 4.56. The molecule has 8 nitrogen and oxygen atoms in total. The number of ketones is 1. The van der Waals surface area contributed by atoms with E-state index in [1.165, 1.54) is 33.6 Å². The molecule has 1 unspecified atom stereocenters. The zero-order valence-corrected chi connectivity index (χ0v) is 25.2. The average Bonchev–Trinajstić information content (AvgIpc) is 3.57. The summed E-state index contributed by atoms with van der Waals surface area (Å²) >= 11 is 2.74. The molecule has 1 aromatic heterocycles. The summed E-state index contributed by atoms with van der Waals surface area (Å²) in [4.78, 5) is 28.4. The molecule has 1 atom stereocenters. The lowest BCUT2D eigenvalue weighted by atomic mass is 9.95. The van der Waals surface area contributed by atoms with E-state index in [1.54, 1.807) is 48.5 Å². The number of aryl methyl sites for hydroxylation is 1. The number of aromatic nitrogens is 2. The van der Waals surface area contributed by atoms with Crippen LogP contribution in [-0.2, 0) is 15.3 Å². The van der Waals surface area contributed by atoms with Crippen LogP contribution in [0.15, 0.2) is 82.7 Å². The van der Waals surface area contributed by atoms with Gasteiger partial charge in [-0.2, -0.15) is 0 Å². The van der Waals surface area contributed by atoms with Crippen molar-refractivity contribution in [3.8, 4) is 11.5 Å². The van der Waals surface area contributed by atoms with Crippen molar-refractivity contribution in [2.45, 2.75) is 43.3 Å². The zero-order valence-electron chi connectivity index (χ0n) is 23.6. The summed E-state index contributed by atoms with van der Waals surface area (Å²) in [5.74, 6) is 0.0743. The van der Waals surface area contributed by atoms with Crippen molar-refractivity contribution < 1.29 is 24.2 Å². The first-order valence-electron chi connectivity index (χ1n) is 13.7. The fourth-order valence-corrected chi connectivity index (χ4v) is 6.38. The van der Waals surface area contributed by atoms with Gasteiger partial charge in [-0.3, -0.25) is 14.5 Å². The maximum absolute atomic E-state index is 13.6. The maximum Gasteiger partial charge on any atom is 0.301 e. The molecule has 0 bridgehead atoms. The van der Waals surface area contributed by atoms with Crippen LogP contribution in [0.1, 0.15) is 48.6 Å². The summed E-state index contributed by atoms with van der Waals surface area (Å²) in [5.41, 5.74) is 3.30. The largest absolute Gasteiger partial charge is 0.507 e. The minimum absolute atomic E-state index is 0.0278. The van der Waals surface area contributed by atoms with E-state index in [1.807, 2.05) is 20.8 Å². The molecule has 1 N–H and O–H groups in total. The molecule has 216 valence electrons. The van der Waals surface area contributed by atoms with Crippen LogP contribution < -0.4 is 14.4 Å². The molecule has 0 spiro atoms. The molecule has 1 aliphatic heterocycles. The molecule has 2 heterocycles. The van der Waals surface area contributed by atoms with Crippen molar-refractivity contribution in [2.24, 2.45) is 0 Å². The lowest BCUT2D eigenvalue weighted by molar-refractivity contribution is -0.132. The number of anilines is 1. The molecule has 0 radical (unpaired) electrons. The van der Waals surface area contributed by atoms with Crippen LogP contribution >= 0.6 is 23.1 Å². The van der Waals surface area contributed by atoms with E-state index in [4.69, 9.17) is 9.47 Å². The van der Waals surface area contributed by atoms with Crippen LogP contribution in [-0.4, -0.2) is 40.2 Å². The smallest absolute Gasteiger partial charge is 0.301 e. The number of carbonyl (C=O) groups is 2. The van der Waals surface area contributed by atoms with E-state index in [0.29, 0.717) is 45.9 Å². The third-order valence-electron chi connectivity index (χ3n) is 6.61. The van der Waals surface area contributed by atoms with Gasteiger partial charge in [-0.05, 0) is 67.8 Å². The van der Waals surface area contributed by atoms with Crippen LogP contribution in [0.2, 0.25) is 0 Å². The Morgan fingerprint density at radius 1 is 0.976 bits per heavy atom. The Bertz CT molecular complexity index is 1600. The van der Waals surface area contributed by atoms with Crippen molar-refractivity contribution in [3.05, 3.63) is 101 Å². The molecule has 42 heavy (non-hydrogen) atoms. The van der Waals surface area contributed by atoms with Crippen LogP contribution in [0.3, 0.4) is 0 Å². The highest BCUT2D eigenvalue weighted by Gasteiger charge is 2.48. The number of aliphatic hydroxyl groups is 1. The molecule has 0 saturated carbocycles. The first kappa shape index (κ1) is 29.3. The van der Waals surface area contributed by atoms with Crippen molar-refractivity contribution in [1.29, 1.82) is 0 Å². The Morgan fingerprint density at radius 2 is 1.74 bits per heavy atom. The molecule has 10 heteroatoms. The van der Waals surface area contributed by atoms with Crippen molar-refractivity contribution in [2.75, 3.05) is 18.1 Å². The first-order chi connectivity index (χ1) is 20.4. The van der Waals surface area contributed by atoms with E-state index in [0.717, 1.165) is 12.0 Å². The third-order valence-corrected chi connectivity index (χ3v) is 8.74. The molecule has 1 amide bonds. The number of amides is 1. The molecule has 3 aromatic carbocycles. The quantitative estimate of drug-likeness (QED) is 0.0648. The molecular formula is C32H31N3O5S2. The SMILES string of the molecule is CCCOc1ccc(C(O)=C2C(=O)C(=O)N(c3nnc(SCc4ccc(C)cc4)s3)C2c2cccc(OCC)c2)cc1. The highest BCUT2D eigenvalue weighted by Crippen LogP contribution is 2.44. The molecule has 0 aliphatic carbocycles. The second-order valence-corrected chi connectivity index (χ2v) is 11.9. The number of Topliss-reactive ketones (excluding diaryl/α,β-unsaturated/α-hetero) is 1. The Labute approximate surface area is 253 Å². The number of thioether (sulfide) groups is 1. The van der Waals surface area contributed by atoms with Crippen molar-refractivity contribution >= 4 is 45.7 Å². The minimum Gasteiger partial charge on any atom is -0.507 e. The van der Waals surface area contributed by atoms with Crippen LogP contribution in [0.4, 0.5) is 5.13 Å². The van der Waals surface area contributed by atoms with Gasteiger partial charge in [0.05, 0.1) is 24.8 Å². The van der Waals surface area contributed by atoms with Gasteiger partial charge < -0.3 is 14.6 Å². The number of rotatable bonds is 11. The van der Waals surface area contributed by atoms with Gasteiger partial charge in [-0.25, -0.2) is 0 Å². The number of hydrogen-bond donors (Lipinski definition) is 1. The number of benzene rings is 3. The van der Waals surface area contributed by atoms with Crippen molar-refractivity contribution in [3.63, 3.8) is 0 Å². The van der Waals surface area contributed by atoms with E-state index in [2.05, 4.69) is 34.5 Å². The van der Waals surface area contributed by atoms with Crippen LogP contribution in [0.5, 0.6) is 11.5 Å². The van der Waals surface area contributed by atoms with Crippen LogP contribution in [0, 0.1) is 6.92 Å². The highest BCUT2D eigenvalue weighted by atomic mass is 32.2. The topological polar surface area (TPSA) is 102 Å². The summed E-state index contributed by atoms with van der Waals surface area (Å²) in [6.45, 7) is 6.96. The van der Waals surface area contributed by atoms with E-state index in [9.17, 15) is 14.7 Å². The number of aliphatic hydroxyl groups excluding tert-OH is 1. The molecule has 4 aromatic rings. The molecule has 1 saturated heterocycles. The summed E-state index contributed by atoms with van der Waals surface area (Å²) in [6, 6.07) is 21.3. The van der Waals surface area contributed by atoms with Gasteiger partial charge in [0.2, 0.25) is 5.13 Å². The molecule has 5 rings (SSSR count). The first-order valence-corrected chi connectivity index (χ1v) is 15.5. The maximum atomic E-state index is 13.6. The second kappa shape index (κ2) is 13.2. The molecular weight excluding hydrogens is 571 g/mol. The summed E-state index contributed by atoms with van der Waals surface area (Å²) in [6.07, 6.45) is 0.865. The zero-order chi connectivity index (χ0) is 29.6. The van der Waals surface area contributed by atoms with E-state index in [-0.39, 0.29) is 16.5 Å². The number of carbonyl (C=O) groups excluding carboxylic acids is 2. The third kappa shape index (κ3) is 6.34. The van der Waals surface area contributed by atoms with E-state index < -0.39 is 17.7 Å². The van der Waals surface area contributed by atoms with E-state index >= 15 is 0 Å². The summed E-state index contributed by atoms with van der Waals surface area (Å²) in [7, 11) is 0. The Kier molecular flexibility index (Phi) is 9.24. The Hall–Kier alpha value is -4.15. The van der Waals surface area contributed by atoms with Gasteiger partial charge in [0, 0.05) is 11.3 Å². The lowest BCUT2D eigenvalue weighted by Crippen LogP contribution is -2.29. The monoisotopic (exact) mass is 601 g/mol. The number of hydrogen-bond acceptors (Lipinski definition) is 9. The number of nitrogens with zero attached hydrogens (tertiary/aromatic N) is 3. The van der Waals surface area contributed by atoms with Gasteiger partial charge in [-0.1, -0.05) is 72.0 Å². The fraction of sp³-hybridized carbons (Fsp3) is 0.250. The predicted molar refractivity (Wildman–Crippen MR) is 165 cm³/mol. The number of ether oxygens (including phenoxy) is 2. The van der Waals surface area contributed by atoms with Gasteiger partial charge in [0.1, 0.15) is 17.3 Å². The van der Waals surface area contributed by atoms with Gasteiger partial charge in [0.25, 0.3) is 5.78 Å². The van der Waals surface area contributed by atoms with Gasteiger partial charge in [-0.15, -0.1) is 10.2 Å².